The Balaban J connectivity index is 1.52. The smallest absolute Gasteiger partial charge is 0.274 e. The topological polar surface area (TPSA) is 53.4 Å². The molecule has 1 aromatic heterocycles. The molecule has 0 saturated carbocycles. The zero-order valence-corrected chi connectivity index (χ0v) is 17.6. The Morgan fingerprint density at radius 1 is 1.30 bits per heavy atom. The molecular weight excluding hydrogens is 381 g/mol. The number of benzene rings is 1. The van der Waals surface area contributed by atoms with Crippen LogP contribution in [0.15, 0.2) is 36.9 Å². The van der Waals surface area contributed by atoms with E-state index in [1.54, 1.807) is 12.1 Å². The Morgan fingerprint density at radius 3 is 2.80 bits per heavy atom. The van der Waals surface area contributed by atoms with Crippen LogP contribution in [-0.4, -0.2) is 64.8 Å². The van der Waals surface area contributed by atoms with Gasteiger partial charge in [0.15, 0.2) is 5.69 Å². The Hall–Kier alpha value is -2.51. The van der Waals surface area contributed by atoms with Crippen molar-refractivity contribution >= 4 is 5.91 Å². The van der Waals surface area contributed by atoms with Gasteiger partial charge in [0.25, 0.3) is 5.91 Å². The normalized spacial score (nSPS) is 19.5. The van der Waals surface area contributed by atoms with Crippen LogP contribution in [0.1, 0.15) is 33.7 Å². The van der Waals surface area contributed by atoms with Crippen LogP contribution >= 0.6 is 0 Å². The van der Waals surface area contributed by atoms with Crippen molar-refractivity contribution in [2.45, 2.75) is 38.4 Å². The number of allylic oxidation sites excluding steroid dienone is 1. The molecule has 1 amide bonds. The molecule has 1 atom stereocenters. The zero-order chi connectivity index (χ0) is 21.1. The summed E-state index contributed by atoms with van der Waals surface area (Å²) < 4.78 is 15.9. The lowest BCUT2D eigenvalue weighted by Crippen LogP contribution is -2.47. The second kappa shape index (κ2) is 9.10. The van der Waals surface area contributed by atoms with E-state index in [9.17, 15) is 9.18 Å². The van der Waals surface area contributed by atoms with E-state index in [0.29, 0.717) is 24.3 Å². The highest BCUT2D eigenvalue weighted by Gasteiger charge is 2.31. The lowest BCUT2D eigenvalue weighted by molar-refractivity contribution is 0.0656. The summed E-state index contributed by atoms with van der Waals surface area (Å²) in [7, 11) is 2.08. The van der Waals surface area contributed by atoms with Gasteiger partial charge in [-0.3, -0.25) is 9.48 Å². The first-order chi connectivity index (χ1) is 14.6. The number of nitrogens with one attached hydrogen (secondary N) is 1. The number of likely N-dealkylation sites (N-methyl/N-ethyl adjacent to an activating group) is 1. The van der Waals surface area contributed by atoms with Crippen molar-refractivity contribution in [2.24, 2.45) is 0 Å². The number of hydrogen-bond donors (Lipinski definition) is 1. The molecule has 4 rings (SSSR count). The second-order valence-electron chi connectivity index (χ2n) is 8.25. The van der Waals surface area contributed by atoms with E-state index in [4.69, 9.17) is 5.10 Å². The minimum atomic E-state index is -0.189. The highest BCUT2D eigenvalue weighted by Crippen LogP contribution is 2.26. The maximum atomic E-state index is 14.0. The number of fused-ring (bicyclic) bond motifs is 1. The molecule has 0 radical (unpaired) electrons. The van der Waals surface area contributed by atoms with Crippen LogP contribution < -0.4 is 5.32 Å². The minimum Gasteiger partial charge on any atom is -0.335 e. The summed E-state index contributed by atoms with van der Waals surface area (Å²) in [5, 5.41) is 8.18. The molecule has 1 fully saturated rings. The van der Waals surface area contributed by atoms with Crippen molar-refractivity contribution in [3.8, 4) is 0 Å². The number of piperazine rings is 1. The van der Waals surface area contributed by atoms with Crippen LogP contribution in [0.25, 0.3) is 0 Å². The van der Waals surface area contributed by atoms with Crippen molar-refractivity contribution in [2.75, 3.05) is 33.2 Å². The number of hydrogen-bond acceptors (Lipinski definition) is 4. The first-order valence-electron chi connectivity index (χ1n) is 10.7. The molecule has 1 unspecified atom stereocenters. The van der Waals surface area contributed by atoms with E-state index in [1.807, 2.05) is 21.7 Å². The predicted molar refractivity (Wildman–Crippen MR) is 115 cm³/mol. The fraction of sp³-hybridized carbons (Fsp3) is 0.478. The third-order valence-corrected chi connectivity index (χ3v) is 6.18. The maximum absolute atomic E-state index is 14.0. The van der Waals surface area contributed by atoms with Gasteiger partial charge in [0, 0.05) is 55.6 Å². The monoisotopic (exact) mass is 411 g/mol. The van der Waals surface area contributed by atoms with Gasteiger partial charge in [-0.25, -0.2) is 4.39 Å². The Kier molecular flexibility index (Phi) is 6.29. The zero-order valence-electron chi connectivity index (χ0n) is 17.6. The van der Waals surface area contributed by atoms with Gasteiger partial charge in [-0.2, -0.15) is 5.10 Å². The number of aromatic nitrogens is 2. The molecule has 0 spiro atoms. The van der Waals surface area contributed by atoms with E-state index in [1.165, 1.54) is 6.07 Å². The maximum Gasteiger partial charge on any atom is 0.274 e. The van der Waals surface area contributed by atoms with Gasteiger partial charge in [0.1, 0.15) is 5.82 Å². The molecule has 160 valence electrons. The van der Waals surface area contributed by atoms with Crippen molar-refractivity contribution < 1.29 is 9.18 Å². The van der Waals surface area contributed by atoms with Crippen LogP contribution in [0.5, 0.6) is 0 Å². The highest BCUT2D eigenvalue weighted by molar-refractivity contribution is 5.94. The summed E-state index contributed by atoms with van der Waals surface area (Å²) in [6.07, 6.45) is 4.34. The quantitative estimate of drug-likeness (QED) is 0.741. The number of rotatable bonds is 6. The Bertz CT molecular complexity index is 916. The fourth-order valence-corrected chi connectivity index (χ4v) is 4.36. The van der Waals surface area contributed by atoms with Crippen molar-refractivity contribution in [3.63, 3.8) is 0 Å². The van der Waals surface area contributed by atoms with Crippen LogP contribution in [-0.2, 0) is 25.9 Å². The number of nitrogens with zero attached hydrogens (tertiary/aromatic N) is 4. The Morgan fingerprint density at radius 2 is 2.07 bits per heavy atom. The van der Waals surface area contributed by atoms with Crippen molar-refractivity contribution in [1.29, 1.82) is 0 Å². The van der Waals surface area contributed by atoms with Gasteiger partial charge in [0.05, 0.1) is 6.54 Å². The number of amides is 1. The second-order valence-corrected chi connectivity index (χ2v) is 8.25. The van der Waals surface area contributed by atoms with Gasteiger partial charge >= 0.3 is 0 Å². The van der Waals surface area contributed by atoms with E-state index >= 15 is 0 Å². The van der Waals surface area contributed by atoms with E-state index in [-0.39, 0.29) is 17.8 Å². The molecule has 6 nitrogen and oxygen atoms in total. The number of halogens is 1. The summed E-state index contributed by atoms with van der Waals surface area (Å²) in [5.74, 6) is -0.164. The van der Waals surface area contributed by atoms with Gasteiger partial charge in [0.2, 0.25) is 0 Å². The lowest BCUT2D eigenvalue weighted by atomic mass is 9.90. The lowest BCUT2D eigenvalue weighted by Gasteiger charge is -2.32. The molecule has 1 N–H and O–H groups in total. The molecular formula is C23H30FN5O. The molecule has 1 saturated heterocycles. The van der Waals surface area contributed by atoms with Crippen molar-refractivity contribution in [3.05, 3.63) is 65.3 Å². The van der Waals surface area contributed by atoms with Gasteiger partial charge in [-0.15, -0.1) is 6.58 Å². The highest BCUT2D eigenvalue weighted by atomic mass is 19.1. The molecule has 2 aliphatic rings. The molecule has 2 aromatic rings. The van der Waals surface area contributed by atoms with Gasteiger partial charge in [-0.1, -0.05) is 24.3 Å². The van der Waals surface area contributed by atoms with E-state index < -0.39 is 0 Å². The van der Waals surface area contributed by atoms with E-state index in [0.717, 1.165) is 56.7 Å². The summed E-state index contributed by atoms with van der Waals surface area (Å²) >= 11 is 0. The summed E-state index contributed by atoms with van der Waals surface area (Å²) in [6, 6.07) is 7.04. The number of carbonyl (C=O) groups is 1. The molecule has 1 aliphatic heterocycles. The molecule has 1 aromatic carbocycles. The average Bonchev–Trinajstić information content (AvgIpc) is 3.11. The third kappa shape index (κ3) is 4.32. The molecule has 0 bridgehead atoms. The summed E-state index contributed by atoms with van der Waals surface area (Å²) in [6.45, 7) is 8.14. The standard InChI is InChI=1S/C23H30FN5O/c1-3-10-29-21-9-8-18(25-16-17-6-4-5-7-20(17)24)15-19(21)22(26-29)23(30)28-13-11-27(2)12-14-28/h3-7,18,25H,1,8-16H2,2H3. The van der Waals surface area contributed by atoms with Gasteiger partial charge in [-0.05, 0) is 32.4 Å². The third-order valence-electron chi connectivity index (χ3n) is 6.18. The largest absolute Gasteiger partial charge is 0.335 e. The number of carbonyl (C=O) groups excluding carboxylic acids is 1. The summed E-state index contributed by atoms with van der Waals surface area (Å²) in [4.78, 5) is 17.4. The van der Waals surface area contributed by atoms with Gasteiger partial charge < -0.3 is 15.1 Å². The first-order valence-corrected chi connectivity index (χ1v) is 10.7. The van der Waals surface area contributed by atoms with Crippen LogP contribution in [0.3, 0.4) is 0 Å². The minimum absolute atomic E-state index is 0.0249. The first kappa shape index (κ1) is 20.8. The SMILES string of the molecule is C=CCn1nc(C(=O)N2CCN(C)CC2)c2c1CCC(NCc1ccccc1F)C2. The molecule has 1 aliphatic carbocycles. The van der Waals surface area contributed by atoms with Crippen molar-refractivity contribution in [1.82, 2.24) is 24.9 Å². The fourth-order valence-electron chi connectivity index (χ4n) is 4.36. The molecule has 30 heavy (non-hydrogen) atoms. The Labute approximate surface area is 177 Å². The summed E-state index contributed by atoms with van der Waals surface area (Å²) in [5.41, 5.74) is 3.42. The predicted octanol–water partition coefficient (Wildman–Crippen LogP) is 2.24. The van der Waals surface area contributed by atoms with Crippen LogP contribution in [0.2, 0.25) is 0 Å². The van der Waals surface area contributed by atoms with Crippen LogP contribution in [0, 0.1) is 5.82 Å². The van der Waals surface area contributed by atoms with E-state index in [2.05, 4.69) is 23.8 Å². The molecule has 2 heterocycles. The van der Waals surface area contributed by atoms with Crippen LogP contribution in [0.4, 0.5) is 4.39 Å². The molecule has 7 heteroatoms. The average molecular weight is 412 g/mol.